The van der Waals surface area contributed by atoms with E-state index in [9.17, 15) is 0 Å². The van der Waals surface area contributed by atoms with Crippen molar-refractivity contribution >= 4 is 0 Å². The normalized spacial score (nSPS) is 7.82. The zero-order chi connectivity index (χ0) is 6.69. The van der Waals surface area contributed by atoms with E-state index in [4.69, 9.17) is 5.73 Å². The summed E-state index contributed by atoms with van der Waals surface area (Å²) in [5.41, 5.74) is 7.65. The van der Waals surface area contributed by atoms with Crippen LogP contribution in [0, 0.1) is 13.1 Å². The van der Waals surface area contributed by atoms with Crippen molar-refractivity contribution in [2.24, 2.45) is 5.73 Å². The topological polar surface area (TPSA) is 68.9 Å². The van der Waals surface area contributed by atoms with E-state index in [2.05, 4.69) is 11.2 Å². The van der Waals surface area contributed by atoms with E-state index in [1.165, 1.54) is 0 Å². The van der Waals surface area contributed by atoms with Gasteiger partial charge in [0.15, 0.2) is 0 Å². The summed E-state index contributed by atoms with van der Waals surface area (Å²) in [4.78, 5) is 3.81. The molecule has 0 bridgehead atoms. The molecule has 0 saturated heterocycles. The first-order chi connectivity index (χ1) is 4.34. The van der Waals surface area contributed by atoms with Crippen LogP contribution in [0.3, 0.4) is 0 Å². The van der Waals surface area contributed by atoms with Crippen LogP contribution >= 0.6 is 0 Å². The van der Waals surface area contributed by atoms with E-state index in [1.54, 1.807) is 6.20 Å². The molecule has 0 aromatic carbocycles. The summed E-state index contributed by atoms with van der Waals surface area (Å²) in [7, 11) is 0. The molecule has 0 aliphatic heterocycles. The van der Waals surface area contributed by atoms with Gasteiger partial charge in [-0.2, -0.15) is 11.6 Å². The van der Waals surface area contributed by atoms with Crippen molar-refractivity contribution < 1.29 is 63.7 Å². The van der Waals surface area contributed by atoms with Gasteiger partial charge < -0.3 is 16.2 Å². The Kier molecular flexibility index (Phi) is 9.85. The first-order valence-corrected chi connectivity index (χ1v) is 2.86. The van der Waals surface area contributed by atoms with Crippen LogP contribution in [0.5, 0.6) is 0 Å². The average Bonchev–Trinajstić information content (AvgIpc) is 1.89. The molecule has 0 atom stereocenters. The van der Waals surface area contributed by atoms with Crippen LogP contribution in [0.15, 0.2) is 12.3 Å². The molecule has 0 spiro atoms. The summed E-state index contributed by atoms with van der Waals surface area (Å²) < 4.78 is 0. The smallest absolute Gasteiger partial charge is 0.870 e. The Balaban J connectivity index is 0. The molecule has 0 saturated carbocycles. The molecule has 1 aromatic heterocycles. The van der Waals surface area contributed by atoms with Gasteiger partial charge in [-0.05, 0) is 6.54 Å². The Morgan fingerprint density at radius 1 is 1.64 bits per heavy atom. The molecule has 1 heterocycles. The minimum absolute atomic E-state index is 0. The predicted octanol–water partition coefficient (Wildman–Crippen LogP) is -2.52. The third-order valence-electron chi connectivity index (χ3n) is 1.30. The summed E-state index contributed by atoms with van der Waals surface area (Å²) in [6.07, 6.45) is 4.48. The molecule has 3 nitrogen and oxygen atoms in total. The van der Waals surface area contributed by atoms with Crippen molar-refractivity contribution in [2.45, 2.75) is 13.5 Å². The largest absolute Gasteiger partial charge is 1.00 e. The Bertz CT molecular complexity index is 205. The van der Waals surface area contributed by atoms with E-state index in [-0.39, 0.29) is 63.7 Å². The molecule has 1 aromatic rings. The second-order valence-corrected chi connectivity index (χ2v) is 1.94. The van der Waals surface area contributed by atoms with E-state index in [0.717, 1.165) is 11.1 Å². The summed E-state index contributed by atoms with van der Waals surface area (Å²) >= 11 is 0. The van der Waals surface area contributed by atoms with Gasteiger partial charge in [0.2, 0.25) is 0 Å². The maximum Gasteiger partial charge on any atom is 1.00 e. The molecule has 0 fully saturated rings. The summed E-state index contributed by atoms with van der Waals surface area (Å²) in [6.45, 7) is 2.56. The standard InChI is InChI=1S/C7H9N2.H2O.Rb/c1-6-2-3-9-5-7(6)4-8;;/h2,5H,4,8H2,1H3;1H2;/q-1;;+1/p-1. The van der Waals surface area contributed by atoms with Gasteiger partial charge in [0.25, 0.3) is 0 Å². The zero-order valence-corrected chi connectivity index (χ0v) is 11.7. The van der Waals surface area contributed by atoms with Crippen LogP contribution in [0.1, 0.15) is 11.1 Å². The van der Waals surface area contributed by atoms with Crippen molar-refractivity contribution in [3.8, 4) is 0 Å². The molecular weight excluding hydrogens is 214 g/mol. The van der Waals surface area contributed by atoms with Crippen molar-refractivity contribution in [1.82, 2.24) is 4.98 Å². The van der Waals surface area contributed by atoms with Crippen molar-refractivity contribution in [2.75, 3.05) is 0 Å². The van der Waals surface area contributed by atoms with Gasteiger partial charge in [0.05, 0.1) is 0 Å². The molecule has 0 aliphatic rings. The number of pyridine rings is 1. The minimum Gasteiger partial charge on any atom is -0.870 e. The van der Waals surface area contributed by atoms with Gasteiger partial charge in [-0.3, -0.25) is 0 Å². The average molecular weight is 224 g/mol. The monoisotopic (exact) mass is 223 g/mol. The summed E-state index contributed by atoms with van der Waals surface area (Å²) in [6, 6.07) is 1.84. The summed E-state index contributed by atoms with van der Waals surface area (Å²) in [5.74, 6) is 0. The third-order valence-corrected chi connectivity index (χ3v) is 1.30. The number of nitrogens with two attached hydrogens (primary N) is 1. The number of rotatable bonds is 1. The van der Waals surface area contributed by atoms with Gasteiger partial charge in [0, 0.05) is 0 Å². The molecule has 56 valence electrons. The molecular formula is C7H10N2ORb-. The summed E-state index contributed by atoms with van der Waals surface area (Å²) in [5, 5.41) is 0. The van der Waals surface area contributed by atoms with Gasteiger partial charge in [-0.1, -0.05) is 19.3 Å². The Morgan fingerprint density at radius 3 is 2.64 bits per heavy atom. The quantitative estimate of drug-likeness (QED) is 0.534. The van der Waals surface area contributed by atoms with Crippen LogP contribution in [-0.4, -0.2) is 10.5 Å². The zero-order valence-electron chi connectivity index (χ0n) is 6.83. The van der Waals surface area contributed by atoms with Crippen molar-refractivity contribution in [1.29, 1.82) is 0 Å². The van der Waals surface area contributed by atoms with Crippen LogP contribution < -0.4 is 63.9 Å². The molecule has 4 heteroatoms. The fraction of sp³-hybridized carbons (Fsp3) is 0.286. The number of hydrogen-bond acceptors (Lipinski definition) is 3. The molecule has 0 unspecified atom stereocenters. The van der Waals surface area contributed by atoms with Gasteiger partial charge in [-0.15, -0.1) is 5.56 Å². The maximum atomic E-state index is 5.40. The Labute approximate surface area is 115 Å². The minimum atomic E-state index is 0. The number of aromatic nitrogens is 1. The molecule has 0 aliphatic carbocycles. The van der Waals surface area contributed by atoms with E-state index in [0.29, 0.717) is 6.54 Å². The number of nitrogens with zero attached hydrogens (tertiary/aromatic N) is 1. The van der Waals surface area contributed by atoms with Gasteiger partial charge in [0.1, 0.15) is 0 Å². The molecule has 11 heavy (non-hydrogen) atoms. The van der Waals surface area contributed by atoms with Crippen molar-refractivity contribution in [3.05, 3.63) is 29.6 Å². The first kappa shape index (κ1) is 14.4. The van der Waals surface area contributed by atoms with Crippen LogP contribution in [-0.2, 0) is 6.54 Å². The Morgan fingerprint density at radius 2 is 2.27 bits per heavy atom. The molecule has 0 radical (unpaired) electrons. The number of aryl methyl sites for hydroxylation is 1. The maximum absolute atomic E-state index is 5.40. The third kappa shape index (κ3) is 4.45. The van der Waals surface area contributed by atoms with Crippen LogP contribution in [0.4, 0.5) is 0 Å². The van der Waals surface area contributed by atoms with E-state index in [1.807, 2.05) is 13.0 Å². The van der Waals surface area contributed by atoms with Crippen molar-refractivity contribution in [3.63, 3.8) is 0 Å². The second kappa shape index (κ2) is 7.52. The van der Waals surface area contributed by atoms with Gasteiger partial charge >= 0.3 is 58.2 Å². The molecule has 3 N–H and O–H groups in total. The second-order valence-electron chi connectivity index (χ2n) is 1.94. The predicted molar refractivity (Wildman–Crippen MR) is 37.6 cm³/mol. The van der Waals surface area contributed by atoms with Crippen LogP contribution in [0.25, 0.3) is 0 Å². The molecule has 1 rings (SSSR count). The molecule has 0 amide bonds. The van der Waals surface area contributed by atoms with E-state index >= 15 is 0 Å². The Hall–Kier alpha value is 0.875. The van der Waals surface area contributed by atoms with E-state index < -0.39 is 0 Å². The fourth-order valence-corrected chi connectivity index (χ4v) is 0.657. The number of hydrogen-bond donors (Lipinski definition) is 1. The van der Waals surface area contributed by atoms with Crippen LogP contribution in [0.2, 0.25) is 0 Å². The SMILES string of the molecule is Cc1c[c-]ncc1CN.[OH-].[Rb+]. The fourth-order valence-electron chi connectivity index (χ4n) is 0.657. The first-order valence-electron chi connectivity index (χ1n) is 2.86. The van der Waals surface area contributed by atoms with Gasteiger partial charge in [-0.25, -0.2) is 0 Å².